The number of nitrogens with one attached hydrogen (secondary N) is 2. The molecule has 7 heteroatoms. The molecule has 0 aliphatic heterocycles. The third kappa shape index (κ3) is 4.50. The maximum atomic E-state index is 12.8. The fraction of sp³-hybridized carbons (Fsp3) is 0.208. The van der Waals surface area contributed by atoms with E-state index in [1.165, 1.54) is 0 Å². The van der Waals surface area contributed by atoms with Crippen LogP contribution in [0, 0.1) is 6.92 Å². The zero-order valence-electron chi connectivity index (χ0n) is 17.5. The second kappa shape index (κ2) is 8.87. The van der Waals surface area contributed by atoms with Crippen LogP contribution in [0.25, 0.3) is 11.0 Å². The van der Waals surface area contributed by atoms with Gasteiger partial charge in [-0.15, -0.1) is 0 Å². The van der Waals surface area contributed by atoms with Crippen LogP contribution in [0.2, 0.25) is 0 Å². The number of para-hydroxylation sites is 2. The molecule has 1 unspecified atom stereocenters. The summed E-state index contributed by atoms with van der Waals surface area (Å²) in [5.74, 6) is 0.962. The fourth-order valence-electron chi connectivity index (χ4n) is 3.56. The van der Waals surface area contributed by atoms with Gasteiger partial charge in [-0.25, -0.2) is 4.98 Å². The first-order valence-corrected chi connectivity index (χ1v) is 10.1. The maximum absolute atomic E-state index is 12.8. The van der Waals surface area contributed by atoms with Gasteiger partial charge < -0.3 is 19.6 Å². The molecule has 0 bridgehead atoms. The van der Waals surface area contributed by atoms with Gasteiger partial charge in [0.15, 0.2) is 0 Å². The Kier molecular flexibility index (Phi) is 5.84. The summed E-state index contributed by atoms with van der Waals surface area (Å²) in [4.78, 5) is 30.1. The Balaban J connectivity index is 1.56. The third-order valence-corrected chi connectivity index (χ3v) is 5.15. The number of hydrogen-bond donors (Lipinski definition) is 2. The van der Waals surface area contributed by atoms with E-state index in [4.69, 9.17) is 9.40 Å². The van der Waals surface area contributed by atoms with E-state index in [1.54, 1.807) is 18.4 Å². The SMILES string of the molecule is Cc1ccccc1C(=O)NC(C)c1nc2ccccc2n1CC(=O)NCc1ccco1. The maximum Gasteiger partial charge on any atom is 0.252 e. The number of imidazole rings is 1. The highest BCUT2D eigenvalue weighted by atomic mass is 16.3. The molecule has 7 nitrogen and oxygen atoms in total. The van der Waals surface area contributed by atoms with Gasteiger partial charge in [0, 0.05) is 5.56 Å². The van der Waals surface area contributed by atoms with Gasteiger partial charge in [0.2, 0.25) is 5.91 Å². The number of hydrogen-bond acceptors (Lipinski definition) is 4. The summed E-state index contributed by atoms with van der Waals surface area (Å²) in [6.07, 6.45) is 1.57. The minimum atomic E-state index is -0.391. The molecule has 0 saturated carbocycles. The Morgan fingerprint density at radius 3 is 2.61 bits per heavy atom. The lowest BCUT2D eigenvalue weighted by Crippen LogP contribution is -2.32. The topological polar surface area (TPSA) is 89.2 Å². The van der Waals surface area contributed by atoms with Crippen LogP contribution in [0.15, 0.2) is 71.3 Å². The minimum Gasteiger partial charge on any atom is -0.467 e. The number of nitrogens with zero attached hydrogens (tertiary/aromatic N) is 2. The number of aromatic nitrogens is 2. The molecule has 2 aromatic carbocycles. The standard InChI is InChI=1S/C24H24N4O3/c1-16-8-3-4-10-19(16)24(30)26-17(2)23-27-20-11-5-6-12-21(20)28(23)15-22(29)25-14-18-9-7-13-31-18/h3-13,17H,14-15H2,1-2H3,(H,25,29)(H,26,30). The highest BCUT2D eigenvalue weighted by Gasteiger charge is 2.21. The third-order valence-electron chi connectivity index (χ3n) is 5.15. The van der Waals surface area contributed by atoms with E-state index in [1.807, 2.05) is 66.9 Å². The molecular formula is C24H24N4O3. The predicted molar refractivity (Wildman–Crippen MR) is 117 cm³/mol. The zero-order chi connectivity index (χ0) is 21.8. The minimum absolute atomic E-state index is 0.0845. The first-order chi connectivity index (χ1) is 15.0. The van der Waals surface area contributed by atoms with Crippen molar-refractivity contribution in [3.8, 4) is 0 Å². The number of amides is 2. The summed E-state index contributed by atoms with van der Waals surface area (Å²) < 4.78 is 7.11. The van der Waals surface area contributed by atoms with Gasteiger partial charge in [-0.05, 0) is 49.7 Å². The molecule has 4 aromatic rings. The van der Waals surface area contributed by atoms with Crippen LogP contribution < -0.4 is 10.6 Å². The van der Waals surface area contributed by atoms with Gasteiger partial charge >= 0.3 is 0 Å². The molecule has 0 aliphatic rings. The van der Waals surface area contributed by atoms with E-state index in [0.29, 0.717) is 23.7 Å². The van der Waals surface area contributed by atoms with Crippen molar-refractivity contribution in [3.63, 3.8) is 0 Å². The predicted octanol–water partition coefficient (Wildman–Crippen LogP) is 3.75. The van der Waals surface area contributed by atoms with Crippen LogP contribution in [0.4, 0.5) is 0 Å². The molecular weight excluding hydrogens is 392 g/mol. The van der Waals surface area contributed by atoms with Crippen LogP contribution in [0.5, 0.6) is 0 Å². The van der Waals surface area contributed by atoms with Crippen molar-refractivity contribution in [2.45, 2.75) is 33.0 Å². The summed E-state index contributed by atoms with van der Waals surface area (Å²) >= 11 is 0. The molecule has 158 valence electrons. The molecule has 31 heavy (non-hydrogen) atoms. The number of carbonyl (C=O) groups is 2. The van der Waals surface area contributed by atoms with Crippen molar-refractivity contribution < 1.29 is 14.0 Å². The van der Waals surface area contributed by atoms with Crippen LogP contribution in [-0.2, 0) is 17.9 Å². The van der Waals surface area contributed by atoms with Gasteiger partial charge in [0.25, 0.3) is 5.91 Å². The van der Waals surface area contributed by atoms with Crippen LogP contribution >= 0.6 is 0 Å². The Morgan fingerprint density at radius 1 is 1.06 bits per heavy atom. The summed E-state index contributed by atoms with van der Waals surface area (Å²) in [7, 11) is 0. The van der Waals surface area contributed by atoms with Gasteiger partial charge in [0.05, 0.1) is 29.9 Å². The van der Waals surface area contributed by atoms with Gasteiger partial charge in [0.1, 0.15) is 18.1 Å². The fourth-order valence-corrected chi connectivity index (χ4v) is 3.56. The van der Waals surface area contributed by atoms with E-state index < -0.39 is 6.04 Å². The zero-order valence-corrected chi connectivity index (χ0v) is 17.5. The number of aryl methyl sites for hydroxylation is 1. The molecule has 0 fully saturated rings. The second-order valence-corrected chi connectivity index (χ2v) is 7.41. The van der Waals surface area contributed by atoms with Crippen LogP contribution in [-0.4, -0.2) is 21.4 Å². The van der Waals surface area contributed by atoms with Crippen LogP contribution in [0.3, 0.4) is 0 Å². The Hall–Kier alpha value is -3.87. The smallest absolute Gasteiger partial charge is 0.252 e. The lowest BCUT2D eigenvalue weighted by molar-refractivity contribution is -0.121. The lowest BCUT2D eigenvalue weighted by atomic mass is 10.1. The molecule has 1 atom stereocenters. The average molecular weight is 416 g/mol. The molecule has 2 aromatic heterocycles. The largest absolute Gasteiger partial charge is 0.467 e. The van der Waals surface area contributed by atoms with Gasteiger partial charge in [-0.3, -0.25) is 9.59 Å². The molecule has 4 rings (SSSR count). The van der Waals surface area contributed by atoms with E-state index in [9.17, 15) is 9.59 Å². The molecule has 2 N–H and O–H groups in total. The summed E-state index contributed by atoms with van der Waals surface area (Å²) in [5, 5.41) is 5.87. The monoisotopic (exact) mass is 416 g/mol. The van der Waals surface area contributed by atoms with Crippen molar-refractivity contribution in [2.24, 2.45) is 0 Å². The van der Waals surface area contributed by atoms with Crippen molar-refractivity contribution in [1.82, 2.24) is 20.2 Å². The number of fused-ring (bicyclic) bond motifs is 1. The number of carbonyl (C=O) groups excluding carboxylic acids is 2. The summed E-state index contributed by atoms with van der Waals surface area (Å²) in [5.41, 5.74) is 3.13. The first kappa shape index (κ1) is 20.4. The normalized spacial score (nSPS) is 11.9. The average Bonchev–Trinajstić information content (AvgIpc) is 3.41. The quantitative estimate of drug-likeness (QED) is 0.480. The van der Waals surface area contributed by atoms with E-state index in [-0.39, 0.29) is 18.4 Å². The number of furan rings is 1. The molecule has 2 amide bonds. The number of rotatable bonds is 7. The van der Waals surface area contributed by atoms with Crippen molar-refractivity contribution >= 4 is 22.8 Å². The van der Waals surface area contributed by atoms with E-state index >= 15 is 0 Å². The van der Waals surface area contributed by atoms with Gasteiger partial charge in [-0.1, -0.05) is 30.3 Å². The molecule has 2 heterocycles. The Bertz CT molecular complexity index is 1210. The summed E-state index contributed by atoms with van der Waals surface area (Å²) in [6.45, 7) is 4.17. The summed E-state index contributed by atoms with van der Waals surface area (Å²) in [6, 6.07) is 18.2. The van der Waals surface area contributed by atoms with Crippen molar-refractivity contribution in [1.29, 1.82) is 0 Å². The second-order valence-electron chi connectivity index (χ2n) is 7.41. The highest BCUT2D eigenvalue weighted by molar-refractivity contribution is 5.95. The molecule has 0 aliphatic carbocycles. The molecule has 0 saturated heterocycles. The highest BCUT2D eigenvalue weighted by Crippen LogP contribution is 2.21. The Labute approximate surface area is 180 Å². The van der Waals surface area contributed by atoms with E-state index in [0.717, 1.165) is 16.6 Å². The first-order valence-electron chi connectivity index (χ1n) is 10.1. The van der Waals surface area contributed by atoms with Crippen molar-refractivity contribution in [3.05, 3.63) is 89.6 Å². The molecule has 0 radical (unpaired) electrons. The van der Waals surface area contributed by atoms with Gasteiger partial charge in [-0.2, -0.15) is 0 Å². The van der Waals surface area contributed by atoms with Crippen LogP contribution in [0.1, 0.15) is 40.5 Å². The lowest BCUT2D eigenvalue weighted by Gasteiger charge is -2.17. The molecule has 0 spiro atoms. The number of benzene rings is 2. The van der Waals surface area contributed by atoms with E-state index in [2.05, 4.69) is 10.6 Å². The Morgan fingerprint density at radius 2 is 1.84 bits per heavy atom. The van der Waals surface area contributed by atoms with Crippen molar-refractivity contribution in [2.75, 3.05) is 0 Å².